The summed E-state index contributed by atoms with van der Waals surface area (Å²) >= 11 is 6.15. The predicted octanol–water partition coefficient (Wildman–Crippen LogP) is 4.59. The van der Waals surface area contributed by atoms with Crippen LogP contribution in [0.25, 0.3) is 0 Å². The zero-order valence-electron chi connectivity index (χ0n) is 15.4. The third-order valence-electron chi connectivity index (χ3n) is 4.01. The van der Waals surface area contributed by atoms with Crippen molar-refractivity contribution in [3.8, 4) is 11.5 Å². The topological polar surface area (TPSA) is 73.1 Å². The van der Waals surface area contributed by atoms with Crippen molar-refractivity contribution in [2.24, 2.45) is 5.10 Å². The summed E-state index contributed by atoms with van der Waals surface area (Å²) in [4.78, 5) is 12.0. The molecule has 0 saturated carbocycles. The zero-order chi connectivity index (χ0) is 19.9. The van der Waals surface area contributed by atoms with Crippen LogP contribution in [0.4, 0.5) is 0 Å². The molecular formula is C21H19ClN2O4. The smallest absolute Gasteiger partial charge is 0.274 e. The Kier molecular flexibility index (Phi) is 6.34. The van der Waals surface area contributed by atoms with Gasteiger partial charge in [0.1, 0.15) is 12.4 Å². The number of amides is 1. The van der Waals surface area contributed by atoms with Crippen LogP contribution in [0.15, 0.2) is 64.3 Å². The van der Waals surface area contributed by atoms with E-state index < -0.39 is 0 Å². The van der Waals surface area contributed by atoms with Crippen molar-refractivity contribution >= 4 is 23.7 Å². The number of ether oxygens (including phenoxy) is 2. The number of carbonyl (C=O) groups is 1. The van der Waals surface area contributed by atoms with Gasteiger partial charge in [-0.1, -0.05) is 29.8 Å². The number of nitrogens with zero attached hydrogens (tertiary/aromatic N) is 1. The van der Waals surface area contributed by atoms with Gasteiger partial charge in [-0.2, -0.15) is 5.10 Å². The van der Waals surface area contributed by atoms with Crippen molar-refractivity contribution in [3.05, 3.63) is 82.3 Å². The highest BCUT2D eigenvalue weighted by Gasteiger charge is 2.10. The number of nitrogens with one attached hydrogen (secondary N) is 1. The molecule has 0 aliphatic heterocycles. The lowest BCUT2D eigenvalue weighted by molar-refractivity contribution is 0.0953. The fourth-order valence-electron chi connectivity index (χ4n) is 2.50. The van der Waals surface area contributed by atoms with Crippen LogP contribution in [-0.4, -0.2) is 19.2 Å². The van der Waals surface area contributed by atoms with Gasteiger partial charge in [0.25, 0.3) is 5.91 Å². The van der Waals surface area contributed by atoms with Gasteiger partial charge in [0.2, 0.25) is 0 Å². The Bertz CT molecular complexity index is 998. The van der Waals surface area contributed by atoms with Gasteiger partial charge in [-0.3, -0.25) is 4.79 Å². The minimum absolute atomic E-state index is 0.323. The average molecular weight is 399 g/mol. The first kappa shape index (κ1) is 19.5. The number of carbonyl (C=O) groups excluding carboxylic acids is 1. The van der Waals surface area contributed by atoms with Crippen LogP contribution in [0.5, 0.6) is 11.5 Å². The third kappa shape index (κ3) is 4.72. The van der Waals surface area contributed by atoms with Gasteiger partial charge >= 0.3 is 0 Å². The average Bonchev–Trinajstić information content (AvgIpc) is 3.13. The maximum absolute atomic E-state index is 12.0. The Hall–Kier alpha value is -3.25. The van der Waals surface area contributed by atoms with Gasteiger partial charge in [0.05, 0.1) is 25.2 Å². The number of rotatable bonds is 7. The minimum Gasteiger partial charge on any atom is -0.493 e. The first-order chi connectivity index (χ1) is 13.6. The predicted molar refractivity (Wildman–Crippen MR) is 107 cm³/mol. The summed E-state index contributed by atoms with van der Waals surface area (Å²) in [5.41, 5.74) is 4.53. The molecule has 0 saturated heterocycles. The van der Waals surface area contributed by atoms with Gasteiger partial charge < -0.3 is 13.9 Å². The summed E-state index contributed by atoms with van der Waals surface area (Å²) in [6.07, 6.45) is 2.98. The fourth-order valence-corrected chi connectivity index (χ4v) is 2.69. The highest BCUT2D eigenvalue weighted by molar-refractivity contribution is 6.31. The van der Waals surface area contributed by atoms with Crippen LogP contribution in [0.1, 0.15) is 27.2 Å². The lowest BCUT2D eigenvalue weighted by atomic mass is 10.2. The van der Waals surface area contributed by atoms with Crippen molar-refractivity contribution in [2.75, 3.05) is 7.11 Å². The monoisotopic (exact) mass is 398 g/mol. The number of hydrogen-bond donors (Lipinski definition) is 1. The lowest BCUT2D eigenvalue weighted by Gasteiger charge is -2.12. The zero-order valence-corrected chi connectivity index (χ0v) is 16.2. The number of halogens is 1. The van der Waals surface area contributed by atoms with E-state index in [-0.39, 0.29) is 5.91 Å². The fraction of sp³-hybridized carbons (Fsp3) is 0.143. The number of hydrazone groups is 1. The first-order valence-electron chi connectivity index (χ1n) is 8.50. The lowest BCUT2D eigenvalue weighted by Crippen LogP contribution is -2.17. The maximum atomic E-state index is 12.0. The van der Waals surface area contributed by atoms with E-state index >= 15 is 0 Å². The highest BCUT2D eigenvalue weighted by atomic mass is 35.5. The van der Waals surface area contributed by atoms with Crippen LogP contribution in [0, 0.1) is 6.92 Å². The second kappa shape index (κ2) is 9.10. The molecule has 2 aromatic carbocycles. The summed E-state index contributed by atoms with van der Waals surface area (Å²) in [6.45, 7) is 2.04. The van der Waals surface area contributed by atoms with Crippen LogP contribution < -0.4 is 14.9 Å². The molecular weight excluding hydrogens is 380 g/mol. The normalized spacial score (nSPS) is 10.8. The molecule has 0 aliphatic rings. The number of aryl methyl sites for hydroxylation is 1. The second-order valence-electron chi connectivity index (χ2n) is 5.88. The largest absolute Gasteiger partial charge is 0.493 e. The molecule has 1 amide bonds. The molecule has 0 atom stereocenters. The Labute approximate surface area is 167 Å². The number of furan rings is 1. The molecule has 1 aromatic heterocycles. The molecule has 3 aromatic rings. The Morgan fingerprint density at radius 3 is 2.75 bits per heavy atom. The Morgan fingerprint density at radius 1 is 1.21 bits per heavy atom. The molecule has 0 bridgehead atoms. The van der Waals surface area contributed by atoms with Gasteiger partial charge in [-0.25, -0.2) is 5.43 Å². The Morgan fingerprint density at radius 2 is 2.04 bits per heavy atom. The molecule has 0 radical (unpaired) electrons. The summed E-state index contributed by atoms with van der Waals surface area (Å²) in [5, 5.41) is 4.62. The third-order valence-corrected chi connectivity index (χ3v) is 4.38. The van der Waals surface area contributed by atoms with Crippen molar-refractivity contribution in [2.45, 2.75) is 13.5 Å². The van der Waals surface area contributed by atoms with E-state index in [1.807, 2.05) is 30.3 Å². The van der Waals surface area contributed by atoms with Crippen molar-refractivity contribution in [1.29, 1.82) is 0 Å². The SMILES string of the molecule is COc1cc(/C=N\NC(=O)c2ccoc2C)ccc1OCc1ccccc1Cl. The van der Waals surface area contributed by atoms with E-state index in [1.54, 1.807) is 32.2 Å². The molecule has 0 fully saturated rings. The number of benzene rings is 2. The molecule has 0 unspecified atom stereocenters. The molecule has 1 N–H and O–H groups in total. The van der Waals surface area contributed by atoms with Crippen LogP contribution in [0.3, 0.4) is 0 Å². The van der Waals surface area contributed by atoms with Gasteiger partial charge in [-0.15, -0.1) is 0 Å². The quantitative estimate of drug-likeness (QED) is 0.466. The first-order valence-corrected chi connectivity index (χ1v) is 8.88. The van der Waals surface area contributed by atoms with E-state index in [1.165, 1.54) is 12.5 Å². The molecule has 6 nitrogen and oxygen atoms in total. The maximum Gasteiger partial charge on any atom is 0.274 e. The summed E-state index contributed by atoms with van der Waals surface area (Å²) in [6, 6.07) is 14.4. The van der Waals surface area contributed by atoms with Gasteiger partial charge in [-0.05, 0) is 42.8 Å². The number of methoxy groups -OCH3 is 1. The molecule has 0 spiro atoms. The van der Waals surface area contributed by atoms with E-state index in [0.717, 1.165) is 11.1 Å². The van der Waals surface area contributed by atoms with Crippen molar-refractivity contribution in [1.82, 2.24) is 5.43 Å². The minimum atomic E-state index is -0.339. The molecule has 0 aliphatic carbocycles. The molecule has 144 valence electrons. The van der Waals surface area contributed by atoms with Crippen LogP contribution in [-0.2, 0) is 6.61 Å². The summed E-state index contributed by atoms with van der Waals surface area (Å²) in [5.74, 6) is 1.33. The van der Waals surface area contributed by atoms with Crippen molar-refractivity contribution < 1.29 is 18.7 Å². The Balaban J connectivity index is 1.64. The van der Waals surface area contributed by atoms with E-state index in [0.29, 0.717) is 34.5 Å². The highest BCUT2D eigenvalue weighted by Crippen LogP contribution is 2.29. The molecule has 7 heteroatoms. The second-order valence-corrected chi connectivity index (χ2v) is 6.29. The molecule has 1 heterocycles. The summed E-state index contributed by atoms with van der Waals surface area (Å²) in [7, 11) is 1.56. The van der Waals surface area contributed by atoms with Gasteiger partial charge in [0.15, 0.2) is 11.5 Å². The van der Waals surface area contributed by atoms with E-state index in [9.17, 15) is 4.79 Å². The summed E-state index contributed by atoms with van der Waals surface area (Å²) < 4.78 is 16.3. The molecule has 28 heavy (non-hydrogen) atoms. The van der Waals surface area contributed by atoms with Gasteiger partial charge in [0, 0.05) is 10.6 Å². The number of hydrogen-bond acceptors (Lipinski definition) is 5. The van der Waals surface area contributed by atoms with E-state index in [2.05, 4.69) is 10.5 Å². The van der Waals surface area contributed by atoms with Crippen LogP contribution >= 0.6 is 11.6 Å². The van der Waals surface area contributed by atoms with Crippen LogP contribution in [0.2, 0.25) is 5.02 Å². The van der Waals surface area contributed by atoms with E-state index in [4.69, 9.17) is 25.5 Å². The molecule has 3 rings (SSSR count). The standard InChI is InChI=1S/C21H19ClN2O4/c1-14-17(9-10-27-14)21(25)24-23-12-15-7-8-19(20(11-15)26-2)28-13-16-5-3-4-6-18(16)22/h3-12H,13H2,1-2H3,(H,24,25)/b23-12-. The van der Waals surface area contributed by atoms with Crippen molar-refractivity contribution in [3.63, 3.8) is 0 Å².